The molecule has 3 aromatic rings. The van der Waals surface area contributed by atoms with E-state index < -0.39 is 12.2 Å². The van der Waals surface area contributed by atoms with Crippen molar-refractivity contribution in [1.82, 2.24) is 10.1 Å². The zero-order valence-electron chi connectivity index (χ0n) is 13.7. The van der Waals surface area contributed by atoms with Crippen molar-refractivity contribution >= 4 is 12.1 Å². The number of fused-ring (bicyclic) bond motifs is 2. The summed E-state index contributed by atoms with van der Waals surface area (Å²) >= 11 is 0. The lowest BCUT2D eigenvalue weighted by Gasteiger charge is -2.27. The number of para-hydroxylation sites is 2. The first-order valence-corrected chi connectivity index (χ1v) is 8.45. The van der Waals surface area contributed by atoms with Crippen molar-refractivity contribution in [1.29, 1.82) is 0 Å². The molecule has 2 aromatic carbocycles. The zero-order valence-corrected chi connectivity index (χ0v) is 13.7. The van der Waals surface area contributed by atoms with Crippen LogP contribution >= 0.6 is 0 Å². The van der Waals surface area contributed by atoms with E-state index in [9.17, 15) is 4.79 Å². The van der Waals surface area contributed by atoms with Crippen LogP contribution in [0.2, 0.25) is 0 Å². The molecule has 1 aliphatic heterocycles. The van der Waals surface area contributed by atoms with Gasteiger partial charge in [-0.25, -0.2) is 10.1 Å². The normalized spacial score (nSPS) is 15.5. The molecule has 7 heteroatoms. The number of aromatic nitrogens is 2. The van der Waals surface area contributed by atoms with Gasteiger partial charge in [0.1, 0.15) is 11.5 Å². The third-order valence-corrected chi connectivity index (χ3v) is 4.44. The van der Waals surface area contributed by atoms with E-state index in [0.29, 0.717) is 23.2 Å². The summed E-state index contributed by atoms with van der Waals surface area (Å²) in [6, 6.07) is 15.0. The Kier molecular flexibility index (Phi) is 3.38. The molecule has 1 aliphatic carbocycles. The van der Waals surface area contributed by atoms with Crippen LogP contribution in [0.4, 0.5) is 10.8 Å². The van der Waals surface area contributed by atoms with Crippen molar-refractivity contribution in [2.24, 2.45) is 0 Å². The molecule has 1 fully saturated rings. The van der Waals surface area contributed by atoms with E-state index >= 15 is 0 Å². The highest BCUT2D eigenvalue weighted by molar-refractivity contribution is 5.82. The molecule has 7 nitrogen and oxygen atoms in total. The molecule has 0 saturated heterocycles. The Bertz CT molecular complexity index is 935. The van der Waals surface area contributed by atoms with Crippen molar-refractivity contribution in [3.05, 3.63) is 65.5 Å². The minimum Gasteiger partial charge on any atom is -0.456 e. The fraction of sp³-hybridized carbons (Fsp3) is 0.211. The van der Waals surface area contributed by atoms with Crippen LogP contribution in [0.15, 0.2) is 53.1 Å². The minimum atomic E-state index is -0.660. The summed E-state index contributed by atoms with van der Waals surface area (Å²) in [5.41, 5.74) is 1.57. The molecule has 1 N–H and O–H groups in total. The minimum absolute atomic E-state index is 0.0468. The van der Waals surface area contributed by atoms with Crippen molar-refractivity contribution in [3.8, 4) is 11.5 Å². The number of anilines is 1. The number of carbonyl (C=O) groups excluding carboxylic acids is 1. The van der Waals surface area contributed by atoms with Gasteiger partial charge in [0.25, 0.3) is 0 Å². The molecule has 0 bridgehead atoms. The molecule has 0 radical (unpaired) electrons. The molecular formula is C19H15N3O4. The van der Waals surface area contributed by atoms with E-state index in [0.717, 1.165) is 24.0 Å². The van der Waals surface area contributed by atoms with Crippen LogP contribution in [0, 0.1) is 0 Å². The van der Waals surface area contributed by atoms with Crippen molar-refractivity contribution in [3.63, 3.8) is 0 Å². The van der Waals surface area contributed by atoms with Crippen LogP contribution in [0.1, 0.15) is 41.8 Å². The van der Waals surface area contributed by atoms with Gasteiger partial charge in [-0.05, 0) is 25.0 Å². The second-order valence-corrected chi connectivity index (χ2v) is 6.32. The molecule has 2 aliphatic rings. The number of nitrogens with one attached hydrogen (secondary N) is 1. The number of rotatable bonds is 3. The standard InChI is InChI=1S/C19H15N3O4/c23-19(21-18-20-17(22-26-18)11-9-10-11)25-16-12-5-1-3-7-14(12)24-15-8-4-2-6-13(15)16/h1-8,11,16H,9-10H2,(H,20,21,22,23). The molecule has 1 amide bonds. The Hall–Kier alpha value is -3.35. The summed E-state index contributed by atoms with van der Waals surface area (Å²) in [7, 11) is 0. The van der Waals surface area contributed by atoms with E-state index in [-0.39, 0.29) is 6.01 Å². The quantitative estimate of drug-likeness (QED) is 0.754. The lowest BCUT2D eigenvalue weighted by Crippen LogP contribution is -2.21. The molecule has 0 atom stereocenters. The van der Waals surface area contributed by atoms with Gasteiger partial charge < -0.3 is 14.0 Å². The second-order valence-electron chi connectivity index (χ2n) is 6.32. The first-order chi connectivity index (χ1) is 12.8. The van der Waals surface area contributed by atoms with Gasteiger partial charge in [0.2, 0.25) is 0 Å². The smallest absolute Gasteiger partial charge is 0.416 e. The summed E-state index contributed by atoms with van der Waals surface area (Å²) in [5, 5.41) is 6.39. The van der Waals surface area contributed by atoms with Gasteiger partial charge in [-0.1, -0.05) is 41.6 Å². The first-order valence-electron chi connectivity index (χ1n) is 8.45. The van der Waals surface area contributed by atoms with Gasteiger partial charge in [-0.15, -0.1) is 0 Å². The summed E-state index contributed by atoms with van der Waals surface area (Å²) in [6.07, 6.45) is 0.868. The molecule has 2 heterocycles. The largest absolute Gasteiger partial charge is 0.456 e. The molecule has 0 unspecified atom stereocenters. The summed E-state index contributed by atoms with van der Waals surface area (Å²) in [6.45, 7) is 0. The Labute approximate surface area is 148 Å². The monoisotopic (exact) mass is 349 g/mol. The summed E-state index contributed by atoms with van der Waals surface area (Å²) in [4.78, 5) is 16.6. The number of hydrogen-bond donors (Lipinski definition) is 1. The molecular weight excluding hydrogens is 334 g/mol. The summed E-state index contributed by atoms with van der Waals surface area (Å²) in [5.74, 6) is 2.30. The van der Waals surface area contributed by atoms with Gasteiger partial charge in [0.05, 0.1) is 0 Å². The Morgan fingerprint density at radius 1 is 1.04 bits per heavy atom. The topological polar surface area (TPSA) is 86.5 Å². The molecule has 130 valence electrons. The third-order valence-electron chi connectivity index (χ3n) is 4.44. The van der Waals surface area contributed by atoms with E-state index in [2.05, 4.69) is 15.5 Å². The van der Waals surface area contributed by atoms with Gasteiger partial charge in [-0.3, -0.25) is 0 Å². The number of amides is 1. The molecule has 1 saturated carbocycles. The fourth-order valence-electron chi connectivity index (χ4n) is 3.01. The van der Waals surface area contributed by atoms with E-state index in [1.165, 1.54) is 0 Å². The van der Waals surface area contributed by atoms with Crippen LogP contribution in [-0.4, -0.2) is 16.2 Å². The fourth-order valence-corrected chi connectivity index (χ4v) is 3.01. The van der Waals surface area contributed by atoms with E-state index in [1.54, 1.807) is 0 Å². The number of hydrogen-bond acceptors (Lipinski definition) is 6. The highest BCUT2D eigenvalue weighted by Crippen LogP contribution is 2.44. The first kappa shape index (κ1) is 14.9. The Morgan fingerprint density at radius 3 is 2.35 bits per heavy atom. The van der Waals surface area contributed by atoms with Crippen molar-refractivity contribution < 1.29 is 18.8 Å². The maximum Gasteiger partial charge on any atom is 0.416 e. The van der Waals surface area contributed by atoms with E-state index in [4.69, 9.17) is 14.0 Å². The van der Waals surface area contributed by atoms with Crippen LogP contribution in [0.25, 0.3) is 0 Å². The Balaban J connectivity index is 1.39. The summed E-state index contributed by atoms with van der Waals surface area (Å²) < 4.78 is 16.6. The van der Waals surface area contributed by atoms with Gasteiger partial charge in [0, 0.05) is 17.0 Å². The zero-order chi connectivity index (χ0) is 17.5. The van der Waals surface area contributed by atoms with Crippen LogP contribution in [-0.2, 0) is 4.74 Å². The predicted molar refractivity (Wildman–Crippen MR) is 91.2 cm³/mol. The highest BCUT2D eigenvalue weighted by atomic mass is 16.6. The lowest BCUT2D eigenvalue weighted by atomic mass is 9.97. The molecule has 26 heavy (non-hydrogen) atoms. The average molecular weight is 349 g/mol. The maximum absolute atomic E-state index is 12.4. The van der Waals surface area contributed by atoms with Gasteiger partial charge in [0.15, 0.2) is 11.9 Å². The average Bonchev–Trinajstić information content (AvgIpc) is 3.41. The Morgan fingerprint density at radius 2 is 1.69 bits per heavy atom. The van der Waals surface area contributed by atoms with Gasteiger partial charge in [-0.2, -0.15) is 4.98 Å². The number of benzene rings is 2. The van der Waals surface area contributed by atoms with E-state index in [1.807, 2.05) is 48.5 Å². The van der Waals surface area contributed by atoms with Crippen LogP contribution < -0.4 is 10.1 Å². The molecule has 5 rings (SSSR count). The molecule has 0 spiro atoms. The number of nitrogens with zero attached hydrogens (tertiary/aromatic N) is 2. The van der Waals surface area contributed by atoms with Crippen LogP contribution in [0.5, 0.6) is 11.5 Å². The molecule has 1 aromatic heterocycles. The maximum atomic E-state index is 12.4. The van der Waals surface area contributed by atoms with Crippen molar-refractivity contribution in [2.75, 3.05) is 5.32 Å². The lowest BCUT2D eigenvalue weighted by molar-refractivity contribution is 0.124. The third kappa shape index (κ3) is 2.67. The number of carbonyl (C=O) groups is 1. The van der Waals surface area contributed by atoms with Gasteiger partial charge >= 0.3 is 12.1 Å². The number of ether oxygens (including phenoxy) is 2. The predicted octanol–water partition coefficient (Wildman–Crippen LogP) is 4.39. The second kappa shape index (κ2) is 5.87. The SMILES string of the molecule is O=C(Nc1nc(C2CC2)no1)OC1c2ccccc2Oc2ccccc21. The highest BCUT2D eigenvalue weighted by Gasteiger charge is 2.31. The van der Waals surface area contributed by atoms with Crippen LogP contribution in [0.3, 0.4) is 0 Å². The van der Waals surface area contributed by atoms with Crippen molar-refractivity contribution in [2.45, 2.75) is 24.9 Å².